The van der Waals surface area contributed by atoms with E-state index < -0.39 is 0 Å². The van der Waals surface area contributed by atoms with Crippen molar-refractivity contribution < 1.29 is 0 Å². The van der Waals surface area contributed by atoms with Gasteiger partial charge in [0.25, 0.3) is 5.56 Å². The van der Waals surface area contributed by atoms with Crippen LogP contribution in [0.1, 0.15) is 5.69 Å². The largest absolute Gasteiger partial charge is 0.375 e. The van der Waals surface area contributed by atoms with Gasteiger partial charge in [-0.3, -0.25) is 9.36 Å². The van der Waals surface area contributed by atoms with Crippen LogP contribution >= 0.6 is 27.3 Å². The molecule has 0 aliphatic rings. The standard InChI is InChI=1S/C8H7BrN4OS/c9-6-1-11-4-13(7(6)14)2-5-3-15-8(10)12-5/h1,3-4H,2H2,(H2,10,12). The lowest BCUT2D eigenvalue weighted by molar-refractivity contribution is 0.718. The van der Waals surface area contributed by atoms with E-state index >= 15 is 0 Å². The van der Waals surface area contributed by atoms with Gasteiger partial charge in [0.2, 0.25) is 0 Å². The SMILES string of the molecule is Nc1nc(Cn2cncc(Br)c2=O)cs1. The van der Waals surface area contributed by atoms with Crippen LogP contribution in [0.4, 0.5) is 5.13 Å². The third kappa shape index (κ3) is 2.24. The third-order valence-electron chi connectivity index (χ3n) is 1.76. The minimum Gasteiger partial charge on any atom is -0.375 e. The van der Waals surface area contributed by atoms with Gasteiger partial charge in [0.15, 0.2) is 5.13 Å². The van der Waals surface area contributed by atoms with Crippen LogP contribution < -0.4 is 11.3 Å². The minimum atomic E-state index is -0.128. The molecule has 0 aliphatic heterocycles. The average Bonchev–Trinajstić information content (AvgIpc) is 2.59. The van der Waals surface area contributed by atoms with E-state index in [9.17, 15) is 4.79 Å². The van der Waals surface area contributed by atoms with Gasteiger partial charge < -0.3 is 5.73 Å². The summed E-state index contributed by atoms with van der Waals surface area (Å²) in [7, 11) is 0. The first kappa shape index (κ1) is 10.3. The summed E-state index contributed by atoms with van der Waals surface area (Å²) < 4.78 is 1.91. The monoisotopic (exact) mass is 286 g/mol. The first-order valence-electron chi connectivity index (χ1n) is 4.06. The fourth-order valence-electron chi connectivity index (χ4n) is 1.11. The number of aromatic nitrogens is 3. The third-order valence-corrected chi connectivity index (χ3v) is 3.03. The predicted molar refractivity (Wildman–Crippen MR) is 61.8 cm³/mol. The Morgan fingerprint density at radius 3 is 3.07 bits per heavy atom. The summed E-state index contributed by atoms with van der Waals surface area (Å²) in [6, 6.07) is 0. The first-order valence-corrected chi connectivity index (χ1v) is 5.74. The number of nitrogen functional groups attached to an aromatic ring is 1. The molecule has 15 heavy (non-hydrogen) atoms. The lowest BCUT2D eigenvalue weighted by atomic mass is 10.5. The van der Waals surface area contributed by atoms with E-state index in [1.165, 1.54) is 28.4 Å². The highest BCUT2D eigenvalue weighted by Gasteiger charge is 2.04. The summed E-state index contributed by atoms with van der Waals surface area (Å²) in [4.78, 5) is 19.6. The van der Waals surface area contributed by atoms with Crippen molar-refractivity contribution in [1.82, 2.24) is 14.5 Å². The van der Waals surface area contributed by atoms with E-state index in [2.05, 4.69) is 25.9 Å². The second kappa shape index (κ2) is 4.11. The molecule has 2 heterocycles. The molecule has 2 aromatic heterocycles. The Bertz CT molecular complexity index is 535. The number of anilines is 1. The molecule has 7 heteroatoms. The quantitative estimate of drug-likeness (QED) is 0.897. The summed E-state index contributed by atoms with van der Waals surface area (Å²) in [5.41, 5.74) is 6.13. The highest BCUT2D eigenvalue weighted by atomic mass is 79.9. The molecule has 0 aromatic carbocycles. The summed E-state index contributed by atoms with van der Waals surface area (Å²) >= 11 is 4.48. The molecule has 78 valence electrons. The number of halogens is 1. The number of rotatable bonds is 2. The lowest BCUT2D eigenvalue weighted by Crippen LogP contribution is -2.21. The zero-order valence-electron chi connectivity index (χ0n) is 7.55. The normalized spacial score (nSPS) is 10.5. The van der Waals surface area contributed by atoms with Crippen LogP contribution in [0.15, 0.2) is 27.2 Å². The molecule has 0 unspecified atom stereocenters. The Balaban J connectivity index is 2.32. The van der Waals surface area contributed by atoms with Crippen LogP contribution in [-0.4, -0.2) is 14.5 Å². The Morgan fingerprint density at radius 2 is 2.40 bits per heavy atom. The molecule has 0 fully saturated rings. The molecule has 5 nitrogen and oxygen atoms in total. The van der Waals surface area contributed by atoms with Crippen molar-refractivity contribution in [2.24, 2.45) is 0 Å². The molecular weight excluding hydrogens is 280 g/mol. The average molecular weight is 287 g/mol. The predicted octanol–water partition coefficient (Wildman–Crippen LogP) is 1.09. The fraction of sp³-hybridized carbons (Fsp3) is 0.125. The maximum atomic E-state index is 11.6. The lowest BCUT2D eigenvalue weighted by Gasteiger charge is -2.01. The molecule has 0 bridgehead atoms. The van der Waals surface area contributed by atoms with E-state index in [0.717, 1.165) is 5.69 Å². The van der Waals surface area contributed by atoms with Gasteiger partial charge in [0.1, 0.15) is 4.47 Å². The van der Waals surface area contributed by atoms with Crippen LogP contribution in [-0.2, 0) is 6.54 Å². The Hall–Kier alpha value is -1.21. The van der Waals surface area contributed by atoms with Crippen molar-refractivity contribution in [3.63, 3.8) is 0 Å². The van der Waals surface area contributed by atoms with Gasteiger partial charge in [-0.15, -0.1) is 11.3 Å². The van der Waals surface area contributed by atoms with E-state index in [4.69, 9.17) is 5.73 Å². The number of thiazole rings is 1. The Labute approximate surface area is 97.7 Å². The molecule has 0 saturated heterocycles. The van der Waals surface area contributed by atoms with Crippen molar-refractivity contribution in [3.8, 4) is 0 Å². The molecule has 2 aromatic rings. The topological polar surface area (TPSA) is 73.8 Å². The van der Waals surface area contributed by atoms with Gasteiger partial charge in [0.05, 0.1) is 18.6 Å². The second-order valence-corrected chi connectivity index (χ2v) is 4.60. The molecule has 0 radical (unpaired) electrons. The second-order valence-electron chi connectivity index (χ2n) is 2.85. The summed E-state index contributed by atoms with van der Waals surface area (Å²) in [6.45, 7) is 0.388. The van der Waals surface area contributed by atoms with Gasteiger partial charge >= 0.3 is 0 Å². The number of hydrogen-bond acceptors (Lipinski definition) is 5. The van der Waals surface area contributed by atoms with Gasteiger partial charge in [-0.2, -0.15) is 0 Å². The number of nitrogens with zero attached hydrogens (tertiary/aromatic N) is 3. The molecule has 0 aliphatic carbocycles. The van der Waals surface area contributed by atoms with Gasteiger partial charge in [-0.25, -0.2) is 9.97 Å². The minimum absolute atomic E-state index is 0.128. The number of nitrogens with two attached hydrogens (primary N) is 1. The van der Waals surface area contributed by atoms with Crippen LogP contribution in [0.3, 0.4) is 0 Å². The van der Waals surface area contributed by atoms with Crippen molar-refractivity contribution >= 4 is 32.4 Å². The molecule has 2 rings (SSSR count). The maximum absolute atomic E-state index is 11.6. The van der Waals surface area contributed by atoms with E-state index in [1.54, 1.807) is 0 Å². The number of hydrogen-bond donors (Lipinski definition) is 1. The molecule has 2 N–H and O–H groups in total. The molecular formula is C8H7BrN4OS. The van der Waals surface area contributed by atoms with Crippen molar-refractivity contribution in [1.29, 1.82) is 0 Å². The maximum Gasteiger partial charge on any atom is 0.267 e. The smallest absolute Gasteiger partial charge is 0.267 e. The highest BCUT2D eigenvalue weighted by Crippen LogP contribution is 2.11. The van der Waals surface area contributed by atoms with Gasteiger partial charge in [0, 0.05) is 11.6 Å². The van der Waals surface area contributed by atoms with Crippen molar-refractivity contribution in [2.45, 2.75) is 6.54 Å². The van der Waals surface area contributed by atoms with Crippen molar-refractivity contribution in [2.75, 3.05) is 5.73 Å². The van der Waals surface area contributed by atoms with Crippen LogP contribution in [0.2, 0.25) is 0 Å². The molecule has 0 amide bonds. The van der Waals surface area contributed by atoms with Crippen LogP contribution in [0.5, 0.6) is 0 Å². The Kier molecular flexibility index (Phi) is 2.83. The fourth-order valence-corrected chi connectivity index (χ4v) is 2.01. The van der Waals surface area contributed by atoms with Crippen molar-refractivity contribution in [3.05, 3.63) is 38.4 Å². The van der Waals surface area contributed by atoms with Crippen LogP contribution in [0.25, 0.3) is 0 Å². The molecule has 0 saturated carbocycles. The summed E-state index contributed by atoms with van der Waals surface area (Å²) in [6.07, 6.45) is 2.94. The zero-order valence-corrected chi connectivity index (χ0v) is 9.96. The van der Waals surface area contributed by atoms with Gasteiger partial charge in [-0.1, -0.05) is 0 Å². The highest BCUT2D eigenvalue weighted by molar-refractivity contribution is 9.10. The van der Waals surface area contributed by atoms with E-state index in [1.807, 2.05) is 5.38 Å². The van der Waals surface area contributed by atoms with E-state index in [-0.39, 0.29) is 5.56 Å². The Morgan fingerprint density at radius 1 is 1.60 bits per heavy atom. The van der Waals surface area contributed by atoms with E-state index in [0.29, 0.717) is 16.1 Å². The summed E-state index contributed by atoms with van der Waals surface area (Å²) in [5.74, 6) is 0. The molecule has 0 atom stereocenters. The molecule has 0 spiro atoms. The zero-order chi connectivity index (χ0) is 10.8. The van der Waals surface area contributed by atoms with Gasteiger partial charge in [-0.05, 0) is 15.9 Å². The van der Waals surface area contributed by atoms with Crippen LogP contribution in [0, 0.1) is 0 Å². The first-order chi connectivity index (χ1) is 7.16. The summed E-state index contributed by atoms with van der Waals surface area (Å²) in [5, 5.41) is 2.32.